The molecule has 2 aliphatic heterocycles. The minimum absolute atomic E-state index is 0.0112. The summed E-state index contributed by atoms with van der Waals surface area (Å²) in [7, 11) is 0. The number of nitro benzene ring substituents is 1. The van der Waals surface area contributed by atoms with Crippen LogP contribution in [0.4, 0.5) is 24.5 Å². The molecule has 4 atom stereocenters. The molecule has 5 rings (SSSR count). The first kappa shape index (κ1) is 28.7. The molecule has 3 aromatic carbocycles. The molecular weight excluding hydrogens is 557 g/mol. The van der Waals surface area contributed by atoms with Gasteiger partial charge in [0.25, 0.3) is 5.69 Å². The Balaban J connectivity index is 1.53. The van der Waals surface area contributed by atoms with E-state index in [1.165, 1.54) is 30.3 Å². The van der Waals surface area contributed by atoms with Crippen LogP contribution >= 0.6 is 0 Å². The van der Waals surface area contributed by atoms with Gasteiger partial charge in [0.15, 0.2) is 0 Å². The zero-order valence-corrected chi connectivity index (χ0v) is 21.9. The van der Waals surface area contributed by atoms with Crippen LogP contribution in [-0.4, -0.2) is 51.3 Å². The number of nitro groups is 1. The molecule has 3 aromatic rings. The SMILES string of the molecule is O=C1C2C(c3cccc(C(F)(F)F)c3)NC(Cc3ccc([N+](=O)[O-])cc3)(C(=O)O)C2C(=O)N1CCNc1ccccc1. The quantitative estimate of drug-likeness (QED) is 0.195. The van der Waals surface area contributed by atoms with Gasteiger partial charge in [0.1, 0.15) is 5.54 Å². The first-order chi connectivity index (χ1) is 19.9. The van der Waals surface area contributed by atoms with Crippen LogP contribution in [-0.2, 0) is 27.0 Å². The second kappa shape index (κ2) is 10.9. The Morgan fingerprint density at radius 1 is 1.02 bits per heavy atom. The Morgan fingerprint density at radius 2 is 1.71 bits per heavy atom. The maximum atomic E-state index is 13.8. The van der Waals surface area contributed by atoms with Crippen LogP contribution in [0.5, 0.6) is 0 Å². The molecule has 2 amide bonds. The van der Waals surface area contributed by atoms with Crippen molar-refractivity contribution in [1.82, 2.24) is 10.2 Å². The van der Waals surface area contributed by atoms with E-state index >= 15 is 0 Å². The average Bonchev–Trinajstić information content (AvgIpc) is 3.43. The summed E-state index contributed by atoms with van der Waals surface area (Å²) in [5.41, 5.74) is -2.24. The van der Waals surface area contributed by atoms with Gasteiger partial charge in [-0.2, -0.15) is 13.2 Å². The summed E-state index contributed by atoms with van der Waals surface area (Å²) in [6.45, 7) is 0.0626. The lowest BCUT2D eigenvalue weighted by Crippen LogP contribution is -2.57. The minimum atomic E-state index is -4.69. The number of hydrogen-bond donors (Lipinski definition) is 3. The molecule has 0 radical (unpaired) electrons. The highest BCUT2D eigenvalue weighted by atomic mass is 19.4. The highest BCUT2D eigenvalue weighted by molar-refractivity contribution is 6.09. The van der Waals surface area contributed by atoms with Crippen LogP contribution in [0, 0.1) is 22.0 Å². The Morgan fingerprint density at radius 3 is 2.33 bits per heavy atom. The van der Waals surface area contributed by atoms with Crippen LogP contribution in [0.3, 0.4) is 0 Å². The fourth-order valence-electron chi connectivity index (χ4n) is 5.84. The molecule has 0 aromatic heterocycles. The molecule has 42 heavy (non-hydrogen) atoms. The summed E-state index contributed by atoms with van der Waals surface area (Å²) in [6, 6.07) is 17.0. The summed E-state index contributed by atoms with van der Waals surface area (Å²) < 4.78 is 40.7. The molecule has 3 N–H and O–H groups in total. The first-order valence-corrected chi connectivity index (χ1v) is 13.0. The van der Waals surface area contributed by atoms with Crippen molar-refractivity contribution in [1.29, 1.82) is 0 Å². The van der Waals surface area contributed by atoms with Crippen molar-refractivity contribution in [2.45, 2.75) is 24.2 Å². The van der Waals surface area contributed by atoms with Crippen LogP contribution in [0.25, 0.3) is 0 Å². The fraction of sp³-hybridized carbons (Fsp3) is 0.276. The number of alkyl halides is 3. The number of aliphatic carboxylic acids is 1. The normalized spacial score (nSPS) is 23.6. The second-order valence-electron chi connectivity index (χ2n) is 10.2. The van der Waals surface area contributed by atoms with Crippen molar-refractivity contribution in [2.24, 2.45) is 11.8 Å². The Bertz CT molecular complexity index is 1530. The van der Waals surface area contributed by atoms with E-state index in [9.17, 15) is 42.8 Å². The van der Waals surface area contributed by atoms with Gasteiger partial charge >= 0.3 is 12.1 Å². The Labute approximate surface area is 237 Å². The molecule has 13 heteroatoms. The molecule has 0 saturated carbocycles. The van der Waals surface area contributed by atoms with E-state index in [2.05, 4.69) is 10.6 Å². The largest absolute Gasteiger partial charge is 0.480 e. The van der Waals surface area contributed by atoms with Crippen LogP contribution in [0.2, 0.25) is 0 Å². The highest BCUT2D eigenvalue weighted by Crippen LogP contribution is 2.50. The number of rotatable bonds is 9. The maximum absolute atomic E-state index is 13.8. The molecule has 0 spiro atoms. The monoisotopic (exact) mass is 582 g/mol. The summed E-state index contributed by atoms with van der Waals surface area (Å²) in [5.74, 6) is -5.68. The van der Waals surface area contributed by atoms with Crippen molar-refractivity contribution in [3.8, 4) is 0 Å². The van der Waals surface area contributed by atoms with Gasteiger partial charge in [-0.25, -0.2) is 0 Å². The van der Waals surface area contributed by atoms with Gasteiger partial charge < -0.3 is 10.4 Å². The number of imide groups is 1. The van der Waals surface area contributed by atoms with Gasteiger partial charge in [-0.3, -0.25) is 34.7 Å². The Hall–Kier alpha value is -4.78. The van der Waals surface area contributed by atoms with E-state index in [1.807, 2.05) is 6.07 Å². The van der Waals surface area contributed by atoms with E-state index < -0.39 is 57.9 Å². The fourth-order valence-corrected chi connectivity index (χ4v) is 5.84. The number of amides is 2. The molecule has 2 saturated heterocycles. The molecule has 2 fully saturated rings. The molecule has 4 unspecified atom stereocenters. The number of likely N-dealkylation sites (tertiary alicyclic amines) is 1. The van der Waals surface area contributed by atoms with Crippen LogP contribution in [0.1, 0.15) is 22.7 Å². The molecule has 218 valence electrons. The zero-order chi connectivity index (χ0) is 30.2. The number of nitrogens with zero attached hydrogens (tertiary/aromatic N) is 2. The van der Waals surface area contributed by atoms with Crippen molar-refractivity contribution in [3.05, 3.63) is 106 Å². The van der Waals surface area contributed by atoms with Gasteiger partial charge in [-0.05, 0) is 35.4 Å². The lowest BCUT2D eigenvalue weighted by Gasteiger charge is -2.31. The number of para-hydroxylation sites is 1. The third kappa shape index (κ3) is 5.18. The summed E-state index contributed by atoms with van der Waals surface area (Å²) in [5, 5.41) is 27.6. The van der Waals surface area contributed by atoms with E-state index in [0.717, 1.165) is 28.8 Å². The van der Waals surface area contributed by atoms with Crippen molar-refractivity contribution >= 4 is 29.2 Å². The van der Waals surface area contributed by atoms with Crippen molar-refractivity contribution in [2.75, 3.05) is 18.4 Å². The smallest absolute Gasteiger partial charge is 0.416 e. The van der Waals surface area contributed by atoms with E-state index in [4.69, 9.17) is 0 Å². The lowest BCUT2D eigenvalue weighted by molar-refractivity contribution is -0.384. The van der Waals surface area contributed by atoms with Gasteiger partial charge in [-0.1, -0.05) is 42.5 Å². The van der Waals surface area contributed by atoms with Crippen LogP contribution in [0.15, 0.2) is 78.9 Å². The van der Waals surface area contributed by atoms with E-state index in [1.54, 1.807) is 24.3 Å². The van der Waals surface area contributed by atoms with E-state index in [-0.39, 0.29) is 30.8 Å². The number of carboxylic acid groups (broad SMARTS) is 1. The van der Waals surface area contributed by atoms with Crippen molar-refractivity contribution in [3.63, 3.8) is 0 Å². The third-order valence-electron chi connectivity index (χ3n) is 7.77. The van der Waals surface area contributed by atoms with Crippen LogP contribution < -0.4 is 10.6 Å². The lowest BCUT2D eigenvalue weighted by atomic mass is 9.76. The maximum Gasteiger partial charge on any atom is 0.416 e. The van der Waals surface area contributed by atoms with Crippen molar-refractivity contribution < 1.29 is 37.6 Å². The number of carbonyl (C=O) groups is 3. The molecule has 10 nitrogen and oxygen atoms in total. The predicted octanol–water partition coefficient (Wildman–Crippen LogP) is 4.04. The molecule has 0 bridgehead atoms. The highest BCUT2D eigenvalue weighted by Gasteiger charge is 2.68. The summed E-state index contributed by atoms with van der Waals surface area (Å²) >= 11 is 0. The number of hydrogen-bond acceptors (Lipinski definition) is 7. The van der Waals surface area contributed by atoms with Gasteiger partial charge in [0.2, 0.25) is 11.8 Å². The summed E-state index contributed by atoms with van der Waals surface area (Å²) in [4.78, 5) is 51.9. The second-order valence-corrected chi connectivity index (χ2v) is 10.2. The first-order valence-electron chi connectivity index (χ1n) is 13.0. The topological polar surface area (TPSA) is 142 Å². The third-order valence-corrected chi connectivity index (χ3v) is 7.77. The number of halogens is 3. The number of anilines is 1. The van der Waals surface area contributed by atoms with Gasteiger partial charge in [0.05, 0.1) is 22.3 Å². The number of benzene rings is 3. The van der Waals surface area contributed by atoms with Gasteiger partial charge in [0, 0.05) is 43.4 Å². The van der Waals surface area contributed by atoms with E-state index in [0.29, 0.717) is 5.56 Å². The zero-order valence-electron chi connectivity index (χ0n) is 21.9. The number of non-ortho nitro benzene ring substituents is 1. The molecule has 2 aliphatic rings. The standard InChI is InChI=1S/C29H25F3N4O6/c30-29(31,32)19-6-4-5-18(15-19)24-22-23(26(38)35(25(22)37)14-13-33-20-7-2-1-3-8-20)28(34-24,27(39)40)16-17-9-11-21(12-10-17)36(41)42/h1-12,15,22-24,33-34H,13-14,16H2,(H,39,40). The van der Waals surface area contributed by atoms with Gasteiger partial charge in [-0.15, -0.1) is 0 Å². The molecular formula is C29H25F3N4O6. The minimum Gasteiger partial charge on any atom is -0.480 e. The number of carboxylic acids is 1. The molecule has 0 aliphatic carbocycles. The summed E-state index contributed by atoms with van der Waals surface area (Å²) in [6.07, 6.45) is -5.05. The number of nitrogens with one attached hydrogen (secondary N) is 2. The average molecular weight is 583 g/mol. The number of carbonyl (C=O) groups excluding carboxylic acids is 2. The Kier molecular flexibility index (Phi) is 7.45. The molecule has 2 heterocycles. The predicted molar refractivity (Wildman–Crippen MR) is 143 cm³/mol. The number of fused-ring (bicyclic) bond motifs is 1.